The molecular formula is C12H19F2NO3. The van der Waals surface area contributed by atoms with Crippen molar-refractivity contribution in [3.8, 4) is 0 Å². The zero-order valence-corrected chi connectivity index (χ0v) is 10.5. The summed E-state index contributed by atoms with van der Waals surface area (Å²) in [6.07, 6.45) is 0.978. The Morgan fingerprint density at radius 3 is 2.83 bits per heavy atom. The van der Waals surface area contributed by atoms with Gasteiger partial charge in [-0.3, -0.25) is 0 Å². The van der Waals surface area contributed by atoms with Gasteiger partial charge >= 0.3 is 11.9 Å². The van der Waals surface area contributed by atoms with Crippen LogP contribution in [0.1, 0.15) is 26.2 Å². The SMILES string of the molecule is CCC1OCCC1CNCC1CC(F)(F)C(=O)O1. The summed E-state index contributed by atoms with van der Waals surface area (Å²) >= 11 is 0. The molecule has 3 atom stereocenters. The predicted molar refractivity (Wildman–Crippen MR) is 60.5 cm³/mol. The Labute approximate surface area is 105 Å². The summed E-state index contributed by atoms with van der Waals surface area (Å²) in [6.45, 7) is 3.84. The first kappa shape index (κ1) is 13.7. The summed E-state index contributed by atoms with van der Waals surface area (Å²) in [5.41, 5.74) is 0. The van der Waals surface area contributed by atoms with Crippen molar-refractivity contribution in [2.75, 3.05) is 19.7 Å². The molecule has 2 fully saturated rings. The Morgan fingerprint density at radius 1 is 1.44 bits per heavy atom. The molecule has 4 nitrogen and oxygen atoms in total. The lowest BCUT2D eigenvalue weighted by Gasteiger charge is -2.18. The number of hydrogen-bond donors (Lipinski definition) is 1. The number of halogens is 2. The lowest BCUT2D eigenvalue weighted by molar-refractivity contribution is -0.159. The van der Waals surface area contributed by atoms with Gasteiger partial charge in [0.05, 0.1) is 12.5 Å². The highest BCUT2D eigenvalue weighted by molar-refractivity contribution is 5.79. The molecule has 104 valence electrons. The van der Waals surface area contributed by atoms with Crippen molar-refractivity contribution < 1.29 is 23.0 Å². The topological polar surface area (TPSA) is 47.6 Å². The molecule has 2 aliphatic rings. The molecule has 6 heteroatoms. The first-order valence-corrected chi connectivity index (χ1v) is 6.44. The van der Waals surface area contributed by atoms with Crippen LogP contribution in [0.3, 0.4) is 0 Å². The molecule has 18 heavy (non-hydrogen) atoms. The smallest absolute Gasteiger partial charge is 0.377 e. The molecule has 0 aromatic carbocycles. The maximum Gasteiger partial charge on any atom is 0.377 e. The third-order valence-corrected chi connectivity index (χ3v) is 3.58. The second-order valence-electron chi connectivity index (χ2n) is 4.96. The van der Waals surface area contributed by atoms with Crippen LogP contribution in [0.4, 0.5) is 8.78 Å². The van der Waals surface area contributed by atoms with E-state index in [2.05, 4.69) is 17.0 Å². The van der Waals surface area contributed by atoms with Crippen LogP contribution in [0.5, 0.6) is 0 Å². The van der Waals surface area contributed by atoms with Crippen LogP contribution in [0, 0.1) is 5.92 Å². The van der Waals surface area contributed by atoms with E-state index in [1.54, 1.807) is 0 Å². The second kappa shape index (κ2) is 5.48. The summed E-state index contributed by atoms with van der Waals surface area (Å²) in [4.78, 5) is 10.8. The summed E-state index contributed by atoms with van der Waals surface area (Å²) < 4.78 is 36.0. The molecule has 0 amide bonds. The number of nitrogens with one attached hydrogen (secondary N) is 1. The van der Waals surface area contributed by atoms with Gasteiger partial charge in [0.2, 0.25) is 0 Å². The van der Waals surface area contributed by atoms with E-state index in [1.807, 2.05) is 0 Å². The molecule has 2 heterocycles. The van der Waals surface area contributed by atoms with Crippen molar-refractivity contribution in [3.63, 3.8) is 0 Å². The second-order valence-corrected chi connectivity index (χ2v) is 4.96. The third-order valence-electron chi connectivity index (χ3n) is 3.58. The van der Waals surface area contributed by atoms with E-state index in [9.17, 15) is 13.6 Å². The molecule has 0 aliphatic carbocycles. The van der Waals surface area contributed by atoms with Gasteiger partial charge in [0.15, 0.2) is 0 Å². The van der Waals surface area contributed by atoms with E-state index in [-0.39, 0.29) is 12.6 Å². The Morgan fingerprint density at radius 2 is 2.22 bits per heavy atom. The fourth-order valence-electron chi connectivity index (χ4n) is 2.57. The molecule has 3 unspecified atom stereocenters. The highest BCUT2D eigenvalue weighted by Crippen LogP contribution is 2.30. The summed E-state index contributed by atoms with van der Waals surface area (Å²) in [5, 5.41) is 3.10. The van der Waals surface area contributed by atoms with Crippen LogP contribution in [0.15, 0.2) is 0 Å². The Hall–Kier alpha value is -0.750. The van der Waals surface area contributed by atoms with E-state index in [0.29, 0.717) is 5.92 Å². The zero-order valence-electron chi connectivity index (χ0n) is 10.5. The molecule has 0 aromatic heterocycles. The quantitative estimate of drug-likeness (QED) is 0.760. The molecule has 2 aliphatic heterocycles. The number of hydrogen-bond acceptors (Lipinski definition) is 4. The van der Waals surface area contributed by atoms with Gasteiger partial charge in [0, 0.05) is 19.7 Å². The maximum absolute atomic E-state index is 12.9. The minimum absolute atomic E-state index is 0.255. The first-order valence-electron chi connectivity index (χ1n) is 6.44. The standard InChI is InChI=1S/C12H19F2NO3/c1-2-10-8(3-4-17-10)6-15-7-9-5-12(13,14)11(16)18-9/h8-10,15H,2-7H2,1H3. The fraction of sp³-hybridized carbons (Fsp3) is 0.917. The number of rotatable bonds is 5. The summed E-state index contributed by atoms with van der Waals surface area (Å²) in [6, 6.07) is 0. The van der Waals surface area contributed by atoms with Gasteiger partial charge < -0.3 is 14.8 Å². The van der Waals surface area contributed by atoms with Gasteiger partial charge in [-0.2, -0.15) is 8.78 Å². The predicted octanol–water partition coefficient (Wildman–Crippen LogP) is 1.34. The van der Waals surface area contributed by atoms with Crippen molar-refractivity contribution >= 4 is 5.97 Å². The molecule has 0 saturated carbocycles. The minimum atomic E-state index is -3.31. The van der Waals surface area contributed by atoms with Crippen molar-refractivity contribution in [2.45, 2.75) is 44.3 Å². The average molecular weight is 263 g/mol. The van der Waals surface area contributed by atoms with E-state index in [4.69, 9.17) is 4.74 Å². The normalized spacial score (nSPS) is 34.8. The molecule has 0 spiro atoms. The summed E-state index contributed by atoms with van der Waals surface area (Å²) in [5.74, 6) is -4.29. The Kier molecular flexibility index (Phi) is 4.17. The van der Waals surface area contributed by atoms with Gasteiger partial charge in [0.1, 0.15) is 6.10 Å². The van der Waals surface area contributed by atoms with E-state index in [0.717, 1.165) is 26.0 Å². The number of cyclic esters (lactones) is 1. The van der Waals surface area contributed by atoms with Crippen LogP contribution in [-0.4, -0.2) is 43.8 Å². The Balaban J connectivity index is 1.69. The van der Waals surface area contributed by atoms with E-state index >= 15 is 0 Å². The van der Waals surface area contributed by atoms with Crippen LogP contribution < -0.4 is 5.32 Å². The van der Waals surface area contributed by atoms with Crippen molar-refractivity contribution in [3.05, 3.63) is 0 Å². The molecule has 2 rings (SSSR count). The van der Waals surface area contributed by atoms with Crippen molar-refractivity contribution in [2.24, 2.45) is 5.92 Å². The number of carbonyl (C=O) groups is 1. The lowest BCUT2D eigenvalue weighted by Crippen LogP contribution is -2.33. The maximum atomic E-state index is 12.9. The van der Waals surface area contributed by atoms with Gasteiger partial charge in [-0.25, -0.2) is 4.79 Å². The average Bonchev–Trinajstić information content (AvgIpc) is 2.84. The molecule has 2 saturated heterocycles. The third kappa shape index (κ3) is 2.98. The van der Waals surface area contributed by atoms with Crippen LogP contribution >= 0.6 is 0 Å². The van der Waals surface area contributed by atoms with Crippen LogP contribution in [0.2, 0.25) is 0 Å². The number of ether oxygens (including phenoxy) is 2. The minimum Gasteiger partial charge on any atom is -0.456 e. The van der Waals surface area contributed by atoms with Gasteiger partial charge in [-0.15, -0.1) is 0 Å². The largest absolute Gasteiger partial charge is 0.456 e. The van der Waals surface area contributed by atoms with Gasteiger partial charge in [0.25, 0.3) is 0 Å². The fourth-order valence-corrected chi connectivity index (χ4v) is 2.57. The number of alkyl halides is 2. The Bertz CT molecular complexity index is 312. The molecule has 0 bridgehead atoms. The molecular weight excluding hydrogens is 244 g/mol. The number of esters is 1. The monoisotopic (exact) mass is 263 g/mol. The molecule has 0 radical (unpaired) electrons. The lowest BCUT2D eigenvalue weighted by atomic mass is 9.99. The number of carbonyl (C=O) groups excluding carboxylic acids is 1. The molecule has 1 N–H and O–H groups in total. The van der Waals surface area contributed by atoms with Gasteiger partial charge in [-0.05, 0) is 18.8 Å². The highest BCUT2D eigenvalue weighted by atomic mass is 19.3. The van der Waals surface area contributed by atoms with E-state index < -0.39 is 24.4 Å². The zero-order chi connectivity index (χ0) is 13.2. The first-order chi connectivity index (χ1) is 8.53. The van der Waals surface area contributed by atoms with Gasteiger partial charge in [-0.1, -0.05) is 6.92 Å². The summed E-state index contributed by atoms with van der Waals surface area (Å²) in [7, 11) is 0. The van der Waals surface area contributed by atoms with Crippen molar-refractivity contribution in [1.82, 2.24) is 5.32 Å². The van der Waals surface area contributed by atoms with Crippen LogP contribution in [-0.2, 0) is 14.3 Å². The highest BCUT2D eigenvalue weighted by Gasteiger charge is 2.50. The van der Waals surface area contributed by atoms with Crippen LogP contribution in [0.25, 0.3) is 0 Å². The van der Waals surface area contributed by atoms with Crippen molar-refractivity contribution in [1.29, 1.82) is 0 Å². The molecule has 0 aromatic rings. The van der Waals surface area contributed by atoms with E-state index in [1.165, 1.54) is 0 Å².